The van der Waals surface area contributed by atoms with E-state index in [1.54, 1.807) is 20.8 Å². The molecule has 3 N–H and O–H groups in total. The molecule has 0 aliphatic carbocycles. The number of ether oxygens (including phenoxy) is 1. The Kier molecular flexibility index (Phi) is 2.81. The highest BCUT2D eigenvalue weighted by atomic mass is 19.1. The number of nitrogen functional groups attached to an aromatic ring is 1. The summed E-state index contributed by atoms with van der Waals surface area (Å²) in [5.41, 5.74) is 4.46. The third-order valence-corrected chi connectivity index (χ3v) is 2.81. The number of nitrogens with two attached hydrogens (primary N) is 1. The van der Waals surface area contributed by atoms with E-state index in [0.717, 1.165) is 12.1 Å². The molecule has 22 heavy (non-hydrogen) atoms. The fourth-order valence-corrected chi connectivity index (χ4v) is 1.97. The maximum absolute atomic E-state index is 14.0. The van der Waals surface area contributed by atoms with Crippen molar-refractivity contribution in [1.29, 1.82) is 5.26 Å². The zero-order chi connectivity index (χ0) is 19.2. The van der Waals surface area contributed by atoms with Gasteiger partial charge in [0.15, 0.2) is 0 Å². The van der Waals surface area contributed by atoms with Gasteiger partial charge in [-0.2, -0.15) is 5.26 Å². The number of aromatic amines is 1. The molecule has 0 bridgehead atoms. The first-order valence-corrected chi connectivity index (χ1v) is 6.39. The summed E-state index contributed by atoms with van der Waals surface area (Å²) in [4.78, 5) is 15.4. The third kappa shape index (κ3) is 2.81. The van der Waals surface area contributed by atoms with Crippen molar-refractivity contribution >= 4 is 28.5 Å². The molecule has 0 atom stereocenters. The number of carbonyl (C=O) groups excluding carboxylic acids is 1. The van der Waals surface area contributed by atoms with E-state index in [9.17, 15) is 9.18 Å². The summed E-state index contributed by atoms with van der Waals surface area (Å²) in [7, 11) is 0. The lowest BCUT2D eigenvalue weighted by Gasteiger charge is -2.25. The topological polar surface area (TPSA) is 95.1 Å². The van der Waals surface area contributed by atoms with Crippen LogP contribution in [0.15, 0.2) is 12.1 Å². The number of nitrogens with zero attached hydrogens (tertiary/aromatic N) is 2. The molecule has 1 aromatic heterocycles. The predicted molar refractivity (Wildman–Crippen MR) is 82.0 cm³/mol. The number of fused-ring (bicyclic) bond motifs is 1. The number of halogens is 1. The van der Waals surface area contributed by atoms with Crippen molar-refractivity contribution in [3.63, 3.8) is 0 Å². The van der Waals surface area contributed by atoms with Crippen molar-refractivity contribution in [2.75, 3.05) is 17.6 Å². The standard InChI is InChI=1S/C15H17FN4O2/c1-15(2,3)22-14(21)20(4)11-6-8(16)5-9-10(7-17)13(18)19-12(9)11/h5-6,19H,18H2,1-4H3/i4D3. The van der Waals surface area contributed by atoms with Gasteiger partial charge in [0, 0.05) is 16.5 Å². The average molecular weight is 307 g/mol. The maximum Gasteiger partial charge on any atom is 0.414 e. The highest BCUT2D eigenvalue weighted by molar-refractivity contribution is 6.03. The number of aromatic nitrogens is 1. The molecule has 6 nitrogen and oxygen atoms in total. The van der Waals surface area contributed by atoms with Gasteiger partial charge in [0.2, 0.25) is 0 Å². The predicted octanol–water partition coefficient (Wildman–Crippen LogP) is 3.13. The van der Waals surface area contributed by atoms with Gasteiger partial charge in [0.05, 0.1) is 11.2 Å². The van der Waals surface area contributed by atoms with Crippen molar-refractivity contribution in [3.05, 3.63) is 23.5 Å². The first-order chi connectivity index (χ1) is 11.3. The minimum atomic E-state index is -2.95. The van der Waals surface area contributed by atoms with Crippen LogP contribution in [-0.2, 0) is 4.74 Å². The molecule has 0 unspecified atom stereocenters. The maximum atomic E-state index is 14.0. The lowest BCUT2D eigenvalue weighted by molar-refractivity contribution is 0.0589. The van der Waals surface area contributed by atoms with Crippen molar-refractivity contribution < 1.29 is 18.0 Å². The van der Waals surface area contributed by atoms with Crippen LogP contribution in [0.5, 0.6) is 0 Å². The number of H-pyrrole nitrogens is 1. The highest BCUT2D eigenvalue weighted by Crippen LogP contribution is 2.32. The number of anilines is 2. The molecule has 0 fully saturated rings. The van der Waals surface area contributed by atoms with Crippen LogP contribution in [0.2, 0.25) is 0 Å². The Balaban J connectivity index is 2.74. The van der Waals surface area contributed by atoms with Gasteiger partial charge >= 0.3 is 6.09 Å². The SMILES string of the molecule is [2H]C([2H])([2H])N(C(=O)OC(C)(C)C)c1cc(F)cc2c(C#N)c(N)[nH]c12. The minimum absolute atomic E-state index is 0.0366. The number of carbonyl (C=O) groups is 1. The number of rotatable bonds is 1. The summed E-state index contributed by atoms with van der Waals surface area (Å²) in [6, 6.07) is 3.73. The zero-order valence-corrected chi connectivity index (χ0v) is 12.3. The summed E-state index contributed by atoms with van der Waals surface area (Å²) in [5.74, 6) is -0.880. The molecule has 0 saturated heterocycles. The molecule has 1 heterocycles. The Hall–Kier alpha value is -2.75. The van der Waals surface area contributed by atoms with Gasteiger partial charge in [-0.3, -0.25) is 4.90 Å². The van der Waals surface area contributed by atoms with Gasteiger partial charge in [-0.25, -0.2) is 9.18 Å². The Bertz CT molecular complexity index is 878. The third-order valence-electron chi connectivity index (χ3n) is 2.81. The molecule has 7 heteroatoms. The number of benzene rings is 1. The summed E-state index contributed by atoms with van der Waals surface area (Å²) in [6.07, 6.45) is -1.17. The van der Waals surface area contributed by atoms with Gasteiger partial charge in [-0.05, 0) is 32.9 Å². The number of nitriles is 1. The monoisotopic (exact) mass is 307 g/mol. The van der Waals surface area contributed by atoms with Crippen molar-refractivity contribution in [2.24, 2.45) is 0 Å². The first kappa shape index (κ1) is 11.9. The molecule has 0 spiro atoms. The van der Waals surface area contributed by atoms with Crippen LogP contribution in [-0.4, -0.2) is 23.7 Å². The van der Waals surface area contributed by atoms with Crippen LogP contribution >= 0.6 is 0 Å². The Labute approximate surface area is 131 Å². The summed E-state index contributed by atoms with van der Waals surface area (Å²) in [6.45, 7) is 1.77. The number of nitrogens with one attached hydrogen (secondary N) is 1. The molecule has 0 radical (unpaired) electrons. The van der Waals surface area contributed by atoms with Gasteiger partial charge in [-0.1, -0.05) is 0 Å². The molecule has 1 amide bonds. The van der Waals surface area contributed by atoms with Gasteiger partial charge < -0.3 is 15.5 Å². The van der Waals surface area contributed by atoms with Crippen LogP contribution in [0.25, 0.3) is 10.9 Å². The van der Waals surface area contributed by atoms with E-state index in [4.69, 9.17) is 19.8 Å². The Morgan fingerprint density at radius 1 is 1.55 bits per heavy atom. The lowest BCUT2D eigenvalue weighted by atomic mass is 10.1. The highest BCUT2D eigenvalue weighted by Gasteiger charge is 2.24. The summed E-state index contributed by atoms with van der Waals surface area (Å²) in [5, 5.41) is 9.24. The van der Waals surface area contributed by atoms with E-state index in [2.05, 4.69) is 4.98 Å². The molecule has 0 saturated carbocycles. The van der Waals surface area contributed by atoms with E-state index in [0.29, 0.717) is 4.90 Å². The van der Waals surface area contributed by atoms with E-state index in [1.165, 1.54) is 0 Å². The zero-order valence-electron chi connectivity index (χ0n) is 15.3. The largest absolute Gasteiger partial charge is 0.443 e. The lowest BCUT2D eigenvalue weighted by Crippen LogP contribution is -2.34. The van der Waals surface area contributed by atoms with Gasteiger partial charge in [0.25, 0.3) is 0 Å². The van der Waals surface area contributed by atoms with E-state index in [1.807, 2.05) is 6.07 Å². The molecule has 2 rings (SSSR count). The fourth-order valence-electron chi connectivity index (χ4n) is 1.97. The second-order valence-corrected chi connectivity index (χ2v) is 5.69. The van der Waals surface area contributed by atoms with Crippen LogP contribution in [0.3, 0.4) is 0 Å². The van der Waals surface area contributed by atoms with Crippen molar-refractivity contribution in [1.82, 2.24) is 4.98 Å². The second kappa shape index (κ2) is 5.22. The normalized spacial score (nSPS) is 13.9. The van der Waals surface area contributed by atoms with Crippen LogP contribution in [0.4, 0.5) is 20.7 Å². The minimum Gasteiger partial charge on any atom is -0.443 e. The number of amides is 1. The molecule has 2 aromatic rings. The van der Waals surface area contributed by atoms with Gasteiger partial charge in [-0.15, -0.1) is 0 Å². The Morgan fingerprint density at radius 2 is 2.23 bits per heavy atom. The average Bonchev–Trinajstić information content (AvgIpc) is 2.70. The summed E-state index contributed by atoms with van der Waals surface area (Å²) >= 11 is 0. The molecule has 0 aliphatic heterocycles. The molecule has 0 aliphatic rings. The quantitative estimate of drug-likeness (QED) is 0.846. The van der Waals surface area contributed by atoms with Crippen molar-refractivity contribution in [2.45, 2.75) is 26.4 Å². The molecular weight excluding hydrogens is 287 g/mol. The molecular formula is C15H17FN4O2. The van der Waals surface area contributed by atoms with Crippen LogP contribution in [0, 0.1) is 17.1 Å². The fraction of sp³-hybridized carbons (Fsp3) is 0.333. The van der Waals surface area contributed by atoms with Crippen molar-refractivity contribution in [3.8, 4) is 6.07 Å². The van der Waals surface area contributed by atoms with Crippen LogP contribution in [0.1, 0.15) is 30.4 Å². The smallest absolute Gasteiger partial charge is 0.414 e. The van der Waals surface area contributed by atoms with Gasteiger partial charge in [0.1, 0.15) is 28.9 Å². The van der Waals surface area contributed by atoms with Crippen LogP contribution < -0.4 is 10.6 Å². The summed E-state index contributed by atoms with van der Waals surface area (Å²) < 4.78 is 42.1. The van der Waals surface area contributed by atoms with E-state index < -0.39 is 24.5 Å². The molecule has 1 aromatic carbocycles. The number of hydrogen-bond donors (Lipinski definition) is 2. The van der Waals surface area contributed by atoms with E-state index >= 15 is 0 Å². The Morgan fingerprint density at radius 3 is 2.77 bits per heavy atom. The number of hydrogen-bond acceptors (Lipinski definition) is 4. The van der Waals surface area contributed by atoms with E-state index in [-0.39, 0.29) is 28.0 Å². The molecule has 116 valence electrons. The first-order valence-electron chi connectivity index (χ1n) is 7.89. The second-order valence-electron chi connectivity index (χ2n) is 5.69.